The first-order valence-electron chi connectivity index (χ1n) is 10.7. The number of rotatable bonds is 2. The molecular weight excluding hydrogens is 336 g/mol. The molecule has 0 heterocycles. The van der Waals surface area contributed by atoms with Gasteiger partial charge in [-0.1, -0.05) is 103 Å². The van der Waals surface area contributed by atoms with Gasteiger partial charge >= 0.3 is 0 Å². The fourth-order valence-electron chi connectivity index (χ4n) is 4.60. The quantitative estimate of drug-likeness (QED) is 0.433. The molecule has 0 saturated heterocycles. The van der Waals surface area contributed by atoms with Crippen LogP contribution >= 0.6 is 0 Å². The molecule has 0 bridgehead atoms. The van der Waals surface area contributed by atoms with Crippen molar-refractivity contribution in [3.63, 3.8) is 0 Å². The smallest absolute Gasteiger partial charge is 0.00190 e. The van der Waals surface area contributed by atoms with Crippen molar-refractivity contribution in [3.05, 3.63) is 82.5 Å². The van der Waals surface area contributed by atoms with Gasteiger partial charge in [0, 0.05) is 5.92 Å². The Hall–Kier alpha value is -2.08. The van der Waals surface area contributed by atoms with Crippen molar-refractivity contribution in [3.8, 4) is 11.1 Å². The second kappa shape index (κ2) is 6.48. The van der Waals surface area contributed by atoms with Crippen LogP contribution in [0.4, 0.5) is 0 Å². The van der Waals surface area contributed by atoms with Crippen LogP contribution in [0.2, 0.25) is 0 Å². The van der Waals surface area contributed by atoms with E-state index in [9.17, 15) is 0 Å². The van der Waals surface area contributed by atoms with Gasteiger partial charge in [-0.15, -0.1) is 0 Å². The van der Waals surface area contributed by atoms with E-state index in [4.69, 9.17) is 0 Å². The molecule has 1 unspecified atom stereocenters. The van der Waals surface area contributed by atoms with Gasteiger partial charge in [0.25, 0.3) is 0 Å². The normalized spacial score (nSPS) is 17.1. The van der Waals surface area contributed by atoms with Gasteiger partial charge in [-0.05, 0) is 62.1 Å². The van der Waals surface area contributed by atoms with E-state index < -0.39 is 0 Å². The van der Waals surface area contributed by atoms with Gasteiger partial charge < -0.3 is 0 Å². The lowest BCUT2D eigenvalue weighted by Gasteiger charge is -2.26. The molecule has 0 saturated carbocycles. The van der Waals surface area contributed by atoms with Crippen molar-refractivity contribution in [2.24, 2.45) is 5.92 Å². The molecule has 0 heteroatoms. The van der Waals surface area contributed by atoms with Crippen molar-refractivity contribution < 1.29 is 0 Å². The first-order chi connectivity index (χ1) is 13.1. The maximum atomic E-state index is 2.50. The molecule has 0 spiro atoms. The highest BCUT2D eigenvalue weighted by molar-refractivity contribution is 5.80. The molecule has 2 aromatic carbocycles. The maximum absolute atomic E-state index is 2.50. The van der Waals surface area contributed by atoms with Gasteiger partial charge in [-0.3, -0.25) is 0 Å². The molecule has 2 aliphatic rings. The third-order valence-corrected chi connectivity index (χ3v) is 6.63. The molecule has 146 valence electrons. The van der Waals surface area contributed by atoms with Crippen molar-refractivity contribution in [2.45, 2.75) is 71.6 Å². The summed E-state index contributed by atoms with van der Waals surface area (Å²) in [5.74, 6) is 1.01. The number of benzene rings is 2. The molecule has 0 fully saturated rings. The minimum Gasteiger partial charge on any atom is -0.0770 e. The fraction of sp³-hybridized carbons (Fsp3) is 0.429. The molecule has 2 aromatic rings. The van der Waals surface area contributed by atoms with Crippen molar-refractivity contribution in [2.75, 3.05) is 0 Å². The highest BCUT2D eigenvalue weighted by Gasteiger charge is 2.29. The standard InChI is InChI=1S/C28H34/c1-18(19-10-8-9-11-19)23-16-22(28(5,6)7)17-26-24-15-21(27(2,3)4)13-12-20(24)14-25(23)26/h8-13,15-19H,14H2,1-7H3. The predicted octanol–water partition coefficient (Wildman–Crippen LogP) is 7.70. The van der Waals surface area contributed by atoms with Gasteiger partial charge in [-0.25, -0.2) is 0 Å². The van der Waals surface area contributed by atoms with Crippen molar-refractivity contribution >= 4 is 0 Å². The van der Waals surface area contributed by atoms with Crippen molar-refractivity contribution in [1.29, 1.82) is 0 Å². The molecular formula is C28H34. The summed E-state index contributed by atoms with van der Waals surface area (Å²) < 4.78 is 0. The van der Waals surface area contributed by atoms with Gasteiger partial charge in [-0.2, -0.15) is 0 Å². The average molecular weight is 371 g/mol. The molecule has 4 rings (SSSR count). The SMILES string of the molecule is CC(c1cc(C(C)(C)C)cc2c1Cc1ccc(C(C)(C)C)cc1-2)C1C=CC=C1. The van der Waals surface area contributed by atoms with E-state index in [1.54, 1.807) is 5.56 Å². The summed E-state index contributed by atoms with van der Waals surface area (Å²) in [7, 11) is 0. The topological polar surface area (TPSA) is 0 Å². The summed E-state index contributed by atoms with van der Waals surface area (Å²) in [5.41, 5.74) is 10.7. The number of hydrogen-bond acceptors (Lipinski definition) is 0. The van der Waals surface area contributed by atoms with Crippen LogP contribution in [0.5, 0.6) is 0 Å². The predicted molar refractivity (Wildman–Crippen MR) is 122 cm³/mol. The molecule has 0 N–H and O–H groups in total. The third-order valence-electron chi connectivity index (χ3n) is 6.63. The molecule has 2 aliphatic carbocycles. The second-order valence-corrected chi connectivity index (χ2v) is 10.8. The van der Waals surface area contributed by atoms with E-state index in [1.807, 2.05) is 0 Å². The minimum atomic E-state index is 0.148. The summed E-state index contributed by atoms with van der Waals surface area (Å²) in [6, 6.07) is 12.1. The average Bonchev–Trinajstić information content (AvgIpc) is 3.26. The van der Waals surface area contributed by atoms with Crippen LogP contribution in [-0.2, 0) is 17.3 Å². The highest BCUT2D eigenvalue weighted by atomic mass is 14.3. The largest absolute Gasteiger partial charge is 0.0770 e. The molecule has 0 nitrogen and oxygen atoms in total. The number of fused-ring (bicyclic) bond motifs is 3. The Bertz CT molecular complexity index is 958. The molecule has 0 aliphatic heterocycles. The minimum absolute atomic E-state index is 0.148. The van der Waals surface area contributed by atoms with Crippen LogP contribution in [0.1, 0.15) is 82.2 Å². The maximum Gasteiger partial charge on any atom is 0.00190 e. The molecule has 0 amide bonds. The van der Waals surface area contributed by atoms with Gasteiger partial charge in [0.1, 0.15) is 0 Å². The Morgan fingerprint density at radius 1 is 0.786 bits per heavy atom. The Morgan fingerprint density at radius 2 is 1.39 bits per heavy atom. The van der Waals surface area contributed by atoms with Crippen LogP contribution in [0.25, 0.3) is 11.1 Å². The van der Waals surface area contributed by atoms with E-state index in [2.05, 4.69) is 103 Å². The van der Waals surface area contributed by atoms with Crippen LogP contribution in [0.3, 0.4) is 0 Å². The monoisotopic (exact) mass is 370 g/mol. The zero-order valence-corrected chi connectivity index (χ0v) is 18.6. The summed E-state index contributed by atoms with van der Waals surface area (Å²) in [6.45, 7) is 16.3. The summed E-state index contributed by atoms with van der Waals surface area (Å²) in [5, 5.41) is 0. The Labute approximate surface area is 171 Å². The highest BCUT2D eigenvalue weighted by Crippen LogP contribution is 2.46. The van der Waals surface area contributed by atoms with E-state index in [1.165, 1.54) is 33.4 Å². The van der Waals surface area contributed by atoms with E-state index in [0.29, 0.717) is 11.8 Å². The lowest BCUT2D eigenvalue weighted by atomic mass is 9.78. The van der Waals surface area contributed by atoms with Gasteiger partial charge in [0.2, 0.25) is 0 Å². The number of hydrogen-bond donors (Lipinski definition) is 0. The van der Waals surface area contributed by atoms with Crippen LogP contribution in [0.15, 0.2) is 54.6 Å². The van der Waals surface area contributed by atoms with E-state index in [0.717, 1.165) is 6.42 Å². The van der Waals surface area contributed by atoms with Crippen LogP contribution < -0.4 is 0 Å². The third kappa shape index (κ3) is 3.28. The Morgan fingerprint density at radius 3 is 2.00 bits per heavy atom. The van der Waals surface area contributed by atoms with Crippen LogP contribution in [0, 0.1) is 5.92 Å². The first kappa shape index (κ1) is 19.2. The van der Waals surface area contributed by atoms with Crippen molar-refractivity contribution in [1.82, 2.24) is 0 Å². The summed E-state index contributed by atoms with van der Waals surface area (Å²) in [6.07, 6.45) is 10.2. The number of allylic oxidation sites excluding steroid dienone is 4. The lowest BCUT2D eigenvalue weighted by molar-refractivity contribution is 0.584. The van der Waals surface area contributed by atoms with Gasteiger partial charge in [0.15, 0.2) is 0 Å². The Kier molecular flexibility index (Phi) is 4.45. The second-order valence-electron chi connectivity index (χ2n) is 10.8. The fourth-order valence-corrected chi connectivity index (χ4v) is 4.60. The van der Waals surface area contributed by atoms with Crippen LogP contribution in [-0.4, -0.2) is 0 Å². The van der Waals surface area contributed by atoms with Gasteiger partial charge in [0.05, 0.1) is 0 Å². The molecule has 0 radical (unpaired) electrons. The lowest BCUT2D eigenvalue weighted by Crippen LogP contribution is -2.14. The zero-order chi connectivity index (χ0) is 20.3. The summed E-state index contributed by atoms with van der Waals surface area (Å²) >= 11 is 0. The summed E-state index contributed by atoms with van der Waals surface area (Å²) in [4.78, 5) is 0. The molecule has 1 atom stereocenters. The van der Waals surface area contributed by atoms with E-state index >= 15 is 0 Å². The first-order valence-corrected chi connectivity index (χ1v) is 10.7. The van der Waals surface area contributed by atoms with E-state index in [-0.39, 0.29) is 10.8 Å². The molecule has 28 heavy (non-hydrogen) atoms. The molecule has 0 aromatic heterocycles. The Balaban J connectivity index is 1.91. The zero-order valence-electron chi connectivity index (χ0n) is 18.6.